The van der Waals surface area contributed by atoms with Gasteiger partial charge in [-0.1, -0.05) is 18.2 Å². The predicted octanol–water partition coefficient (Wildman–Crippen LogP) is 3.44. The van der Waals surface area contributed by atoms with Crippen molar-refractivity contribution in [2.45, 2.75) is 6.61 Å². The Hall–Kier alpha value is -2.59. The Morgan fingerprint density at radius 1 is 1.18 bits per heavy atom. The molecule has 114 valence electrons. The zero-order valence-corrected chi connectivity index (χ0v) is 12.6. The van der Waals surface area contributed by atoms with Crippen molar-refractivity contribution < 1.29 is 19.4 Å². The first-order valence-corrected chi connectivity index (χ1v) is 6.81. The molecular weight excluding hydrogens is 280 g/mol. The third kappa shape index (κ3) is 3.96. The van der Waals surface area contributed by atoms with Crippen LogP contribution >= 0.6 is 0 Å². The number of ether oxygens (including phenoxy) is 2. The minimum Gasteiger partial charge on any atom is -0.508 e. The van der Waals surface area contributed by atoms with Crippen LogP contribution < -0.4 is 4.74 Å². The Morgan fingerprint density at radius 2 is 2.00 bits per heavy atom. The van der Waals surface area contributed by atoms with E-state index in [0.29, 0.717) is 11.1 Å². The van der Waals surface area contributed by atoms with Gasteiger partial charge in [-0.3, -0.25) is 4.79 Å². The second-order valence-corrected chi connectivity index (χ2v) is 4.75. The smallest absolute Gasteiger partial charge is 0.185 e. The molecule has 0 radical (unpaired) electrons. The third-order valence-electron chi connectivity index (χ3n) is 3.18. The molecule has 0 amide bonds. The number of phenols is 1. The van der Waals surface area contributed by atoms with Crippen LogP contribution in [0.5, 0.6) is 11.5 Å². The van der Waals surface area contributed by atoms with Crippen molar-refractivity contribution in [3.63, 3.8) is 0 Å². The maximum Gasteiger partial charge on any atom is 0.185 e. The van der Waals surface area contributed by atoms with E-state index < -0.39 is 0 Å². The van der Waals surface area contributed by atoms with Gasteiger partial charge in [0.2, 0.25) is 0 Å². The fourth-order valence-electron chi connectivity index (χ4n) is 2.02. The highest BCUT2D eigenvalue weighted by molar-refractivity contribution is 6.07. The first kappa shape index (κ1) is 15.8. The molecule has 2 rings (SSSR count). The van der Waals surface area contributed by atoms with Crippen molar-refractivity contribution in [3.8, 4) is 11.5 Å². The lowest BCUT2D eigenvalue weighted by molar-refractivity contribution is 0.104. The second kappa shape index (κ2) is 7.43. The number of allylic oxidation sites excluding steroid dienone is 1. The van der Waals surface area contributed by atoms with E-state index in [9.17, 15) is 9.90 Å². The van der Waals surface area contributed by atoms with Gasteiger partial charge in [0.25, 0.3) is 0 Å². The van der Waals surface area contributed by atoms with Crippen LogP contribution in [0.1, 0.15) is 21.5 Å². The van der Waals surface area contributed by atoms with Gasteiger partial charge in [-0.2, -0.15) is 0 Å². The number of rotatable bonds is 6. The molecular formula is C18H18O4. The number of carbonyl (C=O) groups is 1. The van der Waals surface area contributed by atoms with E-state index in [1.165, 1.54) is 19.3 Å². The molecule has 0 fully saturated rings. The lowest BCUT2D eigenvalue weighted by Gasteiger charge is -2.05. The first-order valence-electron chi connectivity index (χ1n) is 6.81. The van der Waals surface area contributed by atoms with Crippen molar-refractivity contribution in [3.05, 3.63) is 65.2 Å². The van der Waals surface area contributed by atoms with Gasteiger partial charge in [-0.05, 0) is 42.0 Å². The summed E-state index contributed by atoms with van der Waals surface area (Å²) in [6.45, 7) is 0.256. The summed E-state index contributed by atoms with van der Waals surface area (Å²) in [6, 6.07) is 12.2. The summed E-state index contributed by atoms with van der Waals surface area (Å²) in [5, 5.41) is 9.69. The third-order valence-corrected chi connectivity index (χ3v) is 3.18. The largest absolute Gasteiger partial charge is 0.508 e. The zero-order chi connectivity index (χ0) is 15.9. The molecule has 2 aromatic carbocycles. The highest BCUT2D eigenvalue weighted by Gasteiger charge is 2.07. The number of phenolic OH excluding ortho intramolecular Hbond substituents is 1. The average molecular weight is 298 g/mol. The second-order valence-electron chi connectivity index (χ2n) is 4.75. The van der Waals surface area contributed by atoms with Gasteiger partial charge in [0, 0.05) is 18.2 Å². The number of methoxy groups -OCH3 is 2. The minimum atomic E-state index is -0.139. The molecule has 0 aromatic heterocycles. The van der Waals surface area contributed by atoms with E-state index in [2.05, 4.69) is 0 Å². The maximum absolute atomic E-state index is 12.2. The SMILES string of the molecule is COCc1cc(C(=O)/C=C/c2cccc(OC)c2)ccc1O. The van der Waals surface area contributed by atoms with Gasteiger partial charge >= 0.3 is 0 Å². The molecule has 1 N–H and O–H groups in total. The number of aromatic hydroxyl groups is 1. The normalized spacial score (nSPS) is 10.8. The van der Waals surface area contributed by atoms with Crippen LogP contribution in [0.25, 0.3) is 6.08 Å². The monoisotopic (exact) mass is 298 g/mol. The summed E-state index contributed by atoms with van der Waals surface area (Å²) in [7, 11) is 3.14. The quantitative estimate of drug-likeness (QED) is 0.655. The van der Waals surface area contributed by atoms with Crippen LogP contribution in [-0.2, 0) is 11.3 Å². The molecule has 0 bridgehead atoms. The van der Waals surface area contributed by atoms with Gasteiger partial charge in [-0.15, -0.1) is 0 Å². The van der Waals surface area contributed by atoms with Gasteiger partial charge < -0.3 is 14.6 Å². The Labute approximate surface area is 129 Å². The van der Waals surface area contributed by atoms with Gasteiger partial charge in [0.15, 0.2) is 5.78 Å². The van der Waals surface area contributed by atoms with Gasteiger partial charge in [-0.25, -0.2) is 0 Å². The summed E-state index contributed by atoms with van der Waals surface area (Å²) < 4.78 is 10.1. The first-order chi connectivity index (χ1) is 10.6. The maximum atomic E-state index is 12.2. The Balaban J connectivity index is 2.17. The van der Waals surface area contributed by atoms with Crippen molar-refractivity contribution in [1.29, 1.82) is 0 Å². The summed E-state index contributed by atoms with van der Waals surface area (Å²) in [4.78, 5) is 12.2. The van der Waals surface area contributed by atoms with Crippen LogP contribution in [0.3, 0.4) is 0 Å². The van der Waals surface area contributed by atoms with E-state index in [4.69, 9.17) is 9.47 Å². The lowest BCUT2D eigenvalue weighted by atomic mass is 10.1. The van der Waals surface area contributed by atoms with Crippen molar-refractivity contribution >= 4 is 11.9 Å². The van der Waals surface area contributed by atoms with Gasteiger partial charge in [0.1, 0.15) is 11.5 Å². The van der Waals surface area contributed by atoms with E-state index in [-0.39, 0.29) is 18.1 Å². The fraction of sp³-hybridized carbons (Fsp3) is 0.167. The average Bonchev–Trinajstić information content (AvgIpc) is 2.55. The van der Waals surface area contributed by atoms with Crippen LogP contribution in [0.2, 0.25) is 0 Å². The van der Waals surface area contributed by atoms with E-state index in [1.54, 1.807) is 25.3 Å². The lowest BCUT2D eigenvalue weighted by Crippen LogP contribution is -1.97. The van der Waals surface area contributed by atoms with Crippen LogP contribution in [0.15, 0.2) is 48.5 Å². The molecule has 0 saturated heterocycles. The van der Waals surface area contributed by atoms with Crippen LogP contribution in [-0.4, -0.2) is 25.1 Å². The highest BCUT2D eigenvalue weighted by Crippen LogP contribution is 2.20. The van der Waals surface area contributed by atoms with Crippen LogP contribution in [0, 0.1) is 0 Å². The molecule has 0 aliphatic rings. The van der Waals surface area contributed by atoms with E-state index >= 15 is 0 Å². The summed E-state index contributed by atoms with van der Waals surface area (Å²) in [5.41, 5.74) is 1.97. The van der Waals surface area contributed by atoms with Crippen molar-refractivity contribution in [1.82, 2.24) is 0 Å². The Kier molecular flexibility index (Phi) is 5.33. The molecule has 4 heteroatoms. The van der Waals surface area contributed by atoms with E-state index in [1.807, 2.05) is 24.3 Å². The molecule has 0 saturated carbocycles. The zero-order valence-electron chi connectivity index (χ0n) is 12.6. The molecule has 22 heavy (non-hydrogen) atoms. The minimum absolute atomic E-state index is 0.121. The summed E-state index contributed by atoms with van der Waals surface area (Å²) >= 11 is 0. The van der Waals surface area contributed by atoms with Crippen molar-refractivity contribution in [2.75, 3.05) is 14.2 Å². The predicted molar refractivity (Wildman–Crippen MR) is 85.2 cm³/mol. The molecule has 0 heterocycles. The Morgan fingerprint density at radius 3 is 2.73 bits per heavy atom. The number of hydrogen-bond donors (Lipinski definition) is 1. The summed E-state index contributed by atoms with van der Waals surface area (Å²) in [5.74, 6) is 0.719. The van der Waals surface area contributed by atoms with Crippen LogP contribution in [0.4, 0.5) is 0 Å². The Bertz CT molecular complexity index is 689. The molecule has 0 spiro atoms. The molecule has 0 unspecified atom stereocenters. The molecule has 4 nitrogen and oxygen atoms in total. The number of benzene rings is 2. The molecule has 2 aromatic rings. The van der Waals surface area contributed by atoms with Gasteiger partial charge in [0.05, 0.1) is 13.7 Å². The molecule has 0 aliphatic carbocycles. The number of carbonyl (C=O) groups excluding carboxylic acids is 1. The highest BCUT2D eigenvalue weighted by atomic mass is 16.5. The summed E-state index contributed by atoms with van der Waals surface area (Å²) in [6.07, 6.45) is 3.23. The fourth-order valence-corrected chi connectivity index (χ4v) is 2.02. The van der Waals surface area contributed by atoms with Crippen molar-refractivity contribution in [2.24, 2.45) is 0 Å². The molecule has 0 atom stereocenters. The number of ketones is 1. The standard InChI is InChI=1S/C18H18O4/c1-21-12-15-11-14(7-9-18(15)20)17(19)8-6-13-4-3-5-16(10-13)22-2/h3-11,20H,12H2,1-2H3/b8-6+. The number of hydrogen-bond acceptors (Lipinski definition) is 4. The van der Waals surface area contributed by atoms with E-state index in [0.717, 1.165) is 11.3 Å². The molecule has 0 aliphatic heterocycles. The topological polar surface area (TPSA) is 55.8 Å².